The smallest absolute Gasteiger partial charge is 0.162 e. The van der Waals surface area contributed by atoms with Crippen molar-refractivity contribution in [2.24, 2.45) is 5.41 Å². The van der Waals surface area contributed by atoms with Crippen LogP contribution < -0.4 is 5.32 Å². The van der Waals surface area contributed by atoms with E-state index in [4.69, 9.17) is 4.74 Å². The Hall–Kier alpha value is -1.00. The van der Waals surface area contributed by atoms with Crippen LogP contribution in [0.25, 0.3) is 0 Å². The summed E-state index contributed by atoms with van der Waals surface area (Å²) in [5.74, 6) is -1.47. The fourth-order valence-electron chi connectivity index (χ4n) is 2.76. The Morgan fingerprint density at radius 3 is 2.48 bits per heavy atom. The normalized spacial score (nSPS) is 18.7. The average molecular weight is 297 g/mol. The van der Waals surface area contributed by atoms with Crippen LogP contribution in [0.1, 0.15) is 39.2 Å². The van der Waals surface area contributed by atoms with E-state index in [-0.39, 0.29) is 11.0 Å². The summed E-state index contributed by atoms with van der Waals surface area (Å²) in [5.41, 5.74) is 0.402. The predicted octanol–water partition coefficient (Wildman–Crippen LogP) is 3.69. The molecule has 0 aliphatic carbocycles. The van der Waals surface area contributed by atoms with E-state index in [0.29, 0.717) is 25.2 Å². The van der Waals surface area contributed by atoms with Crippen LogP contribution in [-0.4, -0.2) is 25.3 Å². The molecule has 1 aliphatic heterocycles. The molecule has 1 aromatic rings. The highest BCUT2D eigenvalue weighted by Crippen LogP contribution is 2.35. The molecule has 0 spiro atoms. The van der Waals surface area contributed by atoms with E-state index < -0.39 is 11.6 Å². The van der Waals surface area contributed by atoms with Crippen LogP contribution in [0.4, 0.5) is 8.78 Å². The van der Waals surface area contributed by atoms with Crippen molar-refractivity contribution in [3.63, 3.8) is 0 Å². The fraction of sp³-hybridized carbons (Fsp3) is 0.647. The van der Waals surface area contributed by atoms with Gasteiger partial charge in [0.05, 0.1) is 0 Å². The summed E-state index contributed by atoms with van der Waals surface area (Å²) in [7, 11) is 0. The summed E-state index contributed by atoms with van der Waals surface area (Å²) in [5, 5.41) is 3.51. The van der Waals surface area contributed by atoms with Gasteiger partial charge < -0.3 is 10.1 Å². The summed E-state index contributed by atoms with van der Waals surface area (Å²) in [6, 6.07) is 4.44. The van der Waals surface area contributed by atoms with Gasteiger partial charge in [0.2, 0.25) is 0 Å². The SMILES string of the molecule is CC(C)(C)NCC1(Cc2cccc(F)c2F)CCOCC1. The van der Waals surface area contributed by atoms with Crippen molar-refractivity contribution in [2.75, 3.05) is 19.8 Å². The monoisotopic (exact) mass is 297 g/mol. The summed E-state index contributed by atoms with van der Waals surface area (Å²) in [4.78, 5) is 0. The minimum Gasteiger partial charge on any atom is -0.381 e. The van der Waals surface area contributed by atoms with Crippen LogP contribution >= 0.6 is 0 Å². The van der Waals surface area contributed by atoms with Gasteiger partial charge >= 0.3 is 0 Å². The zero-order chi connectivity index (χ0) is 15.5. The first-order chi connectivity index (χ1) is 9.81. The van der Waals surface area contributed by atoms with Gasteiger partial charge in [0.25, 0.3) is 0 Å². The molecule has 4 heteroatoms. The zero-order valence-corrected chi connectivity index (χ0v) is 13.1. The quantitative estimate of drug-likeness (QED) is 0.915. The molecular formula is C17H25F2NO. The first kappa shape index (κ1) is 16.4. The van der Waals surface area contributed by atoms with Crippen molar-refractivity contribution in [1.29, 1.82) is 0 Å². The molecule has 0 amide bonds. The molecule has 1 N–H and O–H groups in total. The van der Waals surface area contributed by atoms with Crippen LogP contribution in [0.3, 0.4) is 0 Å². The second-order valence-electron chi connectivity index (χ2n) is 7.11. The Bertz CT molecular complexity index is 476. The van der Waals surface area contributed by atoms with Gasteiger partial charge in [0.1, 0.15) is 0 Å². The van der Waals surface area contributed by atoms with Crippen molar-refractivity contribution in [3.8, 4) is 0 Å². The lowest BCUT2D eigenvalue weighted by atomic mass is 9.74. The lowest BCUT2D eigenvalue weighted by molar-refractivity contribution is 0.0117. The number of hydrogen-bond donors (Lipinski definition) is 1. The fourth-order valence-corrected chi connectivity index (χ4v) is 2.76. The third-order valence-electron chi connectivity index (χ3n) is 4.14. The van der Waals surface area contributed by atoms with E-state index in [1.54, 1.807) is 12.1 Å². The van der Waals surface area contributed by atoms with Crippen molar-refractivity contribution < 1.29 is 13.5 Å². The van der Waals surface area contributed by atoms with Crippen LogP contribution in [0.2, 0.25) is 0 Å². The highest BCUT2D eigenvalue weighted by atomic mass is 19.2. The molecule has 0 radical (unpaired) electrons. The maximum absolute atomic E-state index is 14.0. The standard InChI is InChI=1S/C17H25F2NO/c1-16(2,3)20-12-17(7-9-21-10-8-17)11-13-5-4-6-14(18)15(13)19/h4-6,20H,7-12H2,1-3H3. The first-order valence-electron chi connectivity index (χ1n) is 7.57. The molecule has 0 unspecified atom stereocenters. The van der Waals surface area contributed by atoms with E-state index in [0.717, 1.165) is 19.4 Å². The molecule has 1 fully saturated rings. The van der Waals surface area contributed by atoms with Gasteiger partial charge in [0, 0.05) is 25.3 Å². The second kappa shape index (κ2) is 6.41. The topological polar surface area (TPSA) is 21.3 Å². The molecule has 2 rings (SSSR count). The summed E-state index contributed by atoms with van der Waals surface area (Å²) >= 11 is 0. The van der Waals surface area contributed by atoms with Crippen molar-refractivity contribution in [2.45, 2.75) is 45.6 Å². The highest BCUT2D eigenvalue weighted by molar-refractivity contribution is 5.21. The molecule has 0 atom stereocenters. The van der Waals surface area contributed by atoms with Gasteiger partial charge in [-0.15, -0.1) is 0 Å². The second-order valence-corrected chi connectivity index (χ2v) is 7.11. The van der Waals surface area contributed by atoms with Gasteiger partial charge in [-0.1, -0.05) is 12.1 Å². The first-order valence-corrected chi connectivity index (χ1v) is 7.57. The van der Waals surface area contributed by atoms with Gasteiger partial charge in [-0.3, -0.25) is 0 Å². The van der Waals surface area contributed by atoms with Gasteiger partial charge in [-0.2, -0.15) is 0 Å². The summed E-state index contributed by atoms with van der Waals surface area (Å²) in [6.45, 7) is 8.50. The number of rotatable bonds is 4. The number of benzene rings is 1. The predicted molar refractivity (Wildman–Crippen MR) is 80.3 cm³/mol. The van der Waals surface area contributed by atoms with Gasteiger partial charge in [-0.25, -0.2) is 8.78 Å². The summed E-state index contributed by atoms with van der Waals surface area (Å²) in [6.07, 6.45) is 2.28. The molecule has 1 saturated heterocycles. The maximum atomic E-state index is 14.0. The molecule has 0 aromatic heterocycles. The highest BCUT2D eigenvalue weighted by Gasteiger charge is 2.34. The Morgan fingerprint density at radius 1 is 1.19 bits per heavy atom. The van der Waals surface area contributed by atoms with E-state index in [1.165, 1.54) is 6.07 Å². The molecule has 2 nitrogen and oxygen atoms in total. The number of ether oxygens (including phenoxy) is 1. The lowest BCUT2D eigenvalue weighted by Gasteiger charge is -2.40. The Balaban J connectivity index is 2.17. The van der Waals surface area contributed by atoms with Crippen LogP contribution in [0.15, 0.2) is 18.2 Å². The molecule has 1 aliphatic rings. The van der Waals surface area contributed by atoms with Crippen LogP contribution in [0.5, 0.6) is 0 Å². The lowest BCUT2D eigenvalue weighted by Crippen LogP contribution is -2.47. The largest absolute Gasteiger partial charge is 0.381 e. The zero-order valence-electron chi connectivity index (χ0n) is 13.1. The molecule has 1 aromatic carbocycles. The average Bonchev–Trinajstić information content (AvgIpc) is 2.42. The molecule has 0 bridgehead atoms. The van der Waals surface area contributed by atoms with Crippen LogP contribution in [0, 0.1) is 17.0 Å². The number of hydrogen-bond acceptors (Lipinski definition) is 2. The van der Waals surface area contributed by atoms with Crippen LogP contribution in [-0.2, 0) is 11.2 Å². The van der Waals surface area contributed by atoms with Gasteiger partial charge in [0.15, 0.2) is 11.6 Å². The summed E-state index contributed by atoms with van der Waals surface area (Å²) < 4.78 is 32.8. The minimum atomic E-state index is -0.765. The third kappa shape index (κ3) is 4.48. The molecular weight excluding hydrogens is 272 g/mol. The Kier molecular flexibility index (Phi) is 4.99. The van der Waals surface area contributed by atoms with Gasteiger partial charge in [-0.05, 0) is 57.1 Å². The third-order valence-corrected chi connectivity index (χ3v) is 4.14. The number of nitrogens with one attached hydrogen (secondary N) is 1. The van der Waals surface area contributed by atoms with Crippen molar-refractivity contribution in [1.82, 2.24) is 5.32 Å². The van der Waals surface area contributed by atoms with E-state index in [9.17, 15) is 8.78 Å². The molecule has 1 heterocycles. The molecule has 0 saturated carbocycles. The van der Waals surface area contributed by atoms with Crippen molar-refractivity contribution >= 4 is 0 Å². The molecule has 21 heavy (non-hydrogen) atoms. The maximum Gasteiger partial charge on any atom is 0.162 e. The minimum absolute atomic E-state index is 0.00574. The van der Waals surface area contributed by atoms with E-state index >= 15 is 0 Å². The Labute approximate surface area is 125 Å². The number of halogens is 2. The van der Waals surface area contributed by atoms with E-state index in [1.807, 2.05) is 0 Å². The molecule has 118 valence electrons. The Morgan fingerprint density at radius 2 is 1.86 bits per heavy atom. The van der Waals surface area contributed by atoms with Crippen molar-refractivity contribution in [3.05, 3.63) is 35.4 Å². The van der Waals surface area contributed by atoms with E-state index in [2.05, 4.69) is 26.1 Å².